The largest absolute Gasteiger partial charge is 0.385 e. The molecular weight excluding hydrogens is 220 g/mol. The molecule has 0 spiro atoms. The summed E-state index contributed by atoms with van der Waals surface area (Å²) in [6, 6.07) is 0. The van der Waals surface area contributed by atoms with Crippen molar-refractivity contribution in [2.45, 2.75) is 32.8 Å². The molecule has 0 aromatic carbocycles. The summed E-state index contributed by atoms with van der Waals surface area (Å²) in [5, 5.41) is 17.7. The predicted octanol–water partition coefficient (Wildman–Crippen LogP) is 1.61. The van der Waals surface area contributed by atoms with Gasteiger partial charge in [0.1, 0.15) is 6.10 Å². The van der Waals surface area contributed by atoms with E-state index in [0.717, 1.165) is 17.7 Å². The van der Waals surface area contributed by atoms with Gasteiger partial charge in [0.2, 0.25) is 5.82 Å². The minimum Gasteiger partial charge on any atom is -0.385 e. The van der Waals surface area contributed by atoms with Gasteiger partial charge in [-0.05, 0) is 13.3 Å². The van der Waals surface area contributed by atoms with E-state index in [-0.39, 0.29) is 0 Å². The monoisotopic (exact) mass is 236 g/mol. The summed E-state index contributed by atoms with van der Waals surface area (Å²) in [7, 11) is 1.83. The molecule has 2 heterocycles. The average molecular weight is 236 g/mol. The maximum atomic E-state index is 9.75. The summed E-state index contributed by atoms with van der Waals surface area (Å²) >= 11 is 0. The summed E-state index contributed by atoms with van der Waals surface area (Å²) in [5.41, 5.74) is 1.63. The molecule has 0 saturated carbocycles. The number of nitrogens with zero attached hydrogens (tertiary/aromatic N) is 4. The van der Waals surface area contributed by atoms with Crippen LogP contribution in [0.5, 0.6) is 0 Å². The van der Waals surface area contributed by atoms with Crippen molar-refractivity contribution in [3.8, 4) is 11.5 Å². The molecule has 6 heteroatoms. The van der Waals surface area contributed by atoms with Crippen molar-refractivity contribution >= 4 is 0 Å². The van der Waals surface area contributed by atoms with Crippen LogP contribution in [0.15, 0.2) is 10.7 Å². The van der Waals surface area contributed by atoms with Crippen LogP contribution in [0.25, 0.3) is 11.5 Å². The van der Waals surface area contributed by atoms with Gasteiger partial charge in [0.15, 0.2) is 0 Å². The van der Waals surface area contributed by atoms with Gasteiger partial charge < -0.3 is 9.63 Å². The first-order valence-corrected chi connectivity index (χ1v) is 5.64. The van der Waals surface area contributed by atoms with Crippen molar-refractivity contribution in [1.82, 2.24) is 19.9 Å². The smallest absolute Gasteiger partial charge is 0.261 e. The highest BCUT2D eigenvalue weighted by atomic mass is 16.5. The zero-order chi connectivity index (χ0) is 12.4. The molecule has 2 aromatic heterocycles. The van der Waals surface area contributed by atoms with Crippen LogP contribution >= 0.6 is 0 Å². The van der Waals surface area contributed by atoms with Gasteiger partial charge in [-0.25, -0.2) is 0 Å². The second kappa shape index (κ2) is 4.67. The number of aromatic nitrogens is 4. The molecule has 6 nitrogen and oxygen atoms in total. The molecule has 0 saturated heterocycles. The predicted molar refractivity (Wildman–Crippen MR) is 61.1 cm³/mol. The molecule has 0 amide bonds. The maximum Gasteiger partial charge on any atom is 0.261 e. The zero-order valence-electron chi connectivity index (χ0n) is 10.2. The van der Waals surface area contributed by atoms with E-state index in [0.29, 0.717) is 18.1 Å². The summed E-state index contributed by atoms with van der Waals surface area (Å²) < 4.78 is 6.83. The maximum absolute atomic E-state index is 9.75. The Bertz CT molecular complexity index is 503. The van der Waals surface area contributed by atoms with E-state index >= 15 is 0 Å². The highest BCUT2D eigenvalue weighted by Crippen LogP contribution is 2.23. The van der Waals surface area contributed by atoms with Gasteiger partial charge in [-0.3, -0.25) is 4.68 Å². The lowest BCUT2D eigenvalue weighted by atomic mass is 10.2. The standard InChI is InChI=1S/C11H16N4O2/c1-4-5-9(16)10-12-11(17-14-10)8-6-15(3)13-7(8)2/h6,9,16H,4-5H2,1-3H3. The first-order valence-electron chi connectivity index (χ1n) is 5.64. The van der Waals surface area contributed by atoms with E-state index < -0.39 is 6.10 Å². The summed E-state index contributed by atoms with van der Waals surface area (Å²) in [4.78, 5) is 4.19. The van der Waals surface area contributed by atoms with Crippen molar-refractivity contribution in [3.05, 3.63) is 17.7 Å². The third-order valence-electron chi connectivity index (χ3n) is 2.55. The molecule has 0 aliphatic heterocycles. The Morgan fingerprint density at radius 3 is 2.88 bits per heavy atom. The minimum absolute atomic E-state index is 0.338. The Hall–Kier alpha value is -1.69. The van der Waals surface area contributed by atoms with Gasteiger partial charge in [0.05, 0.1) is 11.3 Å². The Labute approximate surface area is 99.3 Å². The van der Waals surface area contributed by atoms with Crippen LogP contribution in [0.2, 0.25) is 0 Å². The lowest BCUT2D eigenvalue weighted by Crippen LogP contribution is -1.98. The molecule has 1 atom stereocenters. The van der Waals surface area contributed by atoms with Crippen LogP contribution in [-0.4, -0.2) is 25.0 Å². The van der Waals surface area contributed by atoms with E-state index in [1.165, 1.54) is 0 Å². The van der Waals surface area contributed by atoms with Gasteiger partial charge >= 0.3 is 0 Å². The van der Waals surface area contributed by atoms with E-state index in [1.54, 1.807) is 4.68 Å². The highest BCUT2D eigenvalue weighted by Gasteiger charge is 2.18. The summed E-state index contributed by atoms with van der Waals surface area (Å²) in [6.07, 6.45) is 2.66. The summed E-state index contributed by atoms with van der Waals surface area (Å²) in [6.45, 7) is 3.87. The molecule has 1 unspecified atom stereocenters. The Morgan fingerprint density at radius 1 is 1.53 bits per heavy atom. The van der Waals surface area contributed by atoms with Crippen molar-refractivity contribution in [2.75, 3.05) is 0 Å². The topological polar surface area (TPSA) is 77.0 Å². The molecule has 0 aliphatic rings. The molecule has 2 aromatic rings. The molecule has 0 fully saturated rings. The number of hydrogen-bond acceptors (Lipinski definition) is 5. The Morgan fingerprint density at radius 2 is 2.29 bits per heavy atom. The minimum atomic E-state index is -0.658. The SMILES string of the molecule is CCCC(O)c1noc(-c2cn(C)nc2C)n1. The first-order chi connectivity index (χ1) is 8.11. The lowest BCUT2D eigenvalue weighted by Gasteiger charge is -2.01. The number of aliphatic hydroxyl groups is 1. The molecule has 92 valence electrons. The van der Waals surface area contributed by atoms with Crippen LogP contribution in [0.1, 0.15) is 37.4 Å². The third-order valence-corrected chi connectivity index (χ3v) is 2.55. The first kappa shape index (κ1) is 11.8. The fourth-order valence-electron chi connectivity index (χ4n) is 1.69. The fraction of sp³-hybridized carbons (Fsp3) is 0.545. The van der Waals surface area contributed by atoms with Crippen molar-refractivity contribution < 1.29 is 9.63 Å². The van der Waals surface area contributed by atoms with Gasteiger partial charge in [0, 0.05) is 13.2 Å². The normalized spacial score (nSPS) is 12.9. The number of rotatable bonds is 4. The van der Waals surface area contributed by atoms with E-state index in [1.807, 2.05) is 27.1 Å². The summed E-state index contributed by atoms with van der Waals surface area (Å²) in [5.74, 6) is 0.742. The number of aliphatic hydroxyl groups excluding tert-OH is 1. The van der Waals surface area contributed by atoms with Gasteiger partial charge in [0.25, 0.3) is 5.89 Å². The van der Waals surface area contributed by atoms with E-state index in [9.17, 15) is 5.11 Å². The second-order valence-electron chi connectivity index (χ2n) is 4.06. The molecule has 1 N–H and O–H groups in total. The van der Waals surface area contributed by atoms with Crippen molar-refractivity contribution in [3.63, 3.8) is 0 Å². The third kappa shape index (κ3) is 2.36. The van der Waals surface area contributed by atoms with Crippen LogP contribution in [0.4, 0.5) is 0 Å². The molecule has 0 radical (unpaired) electrons. The van der Waals surface area contributed by atoms with Crippen LogP contribution < -0.4 is 0 Å². The van der Waals surface area contributed by atoms with Gasteiger partial charge in [-0.2, -0.15) is 10.1 Å². The lowest BCUT2D eigenvalue weighted by molar-refractivity contribution is 0.153. The average Bonchev–Trinajstić information content (AvgIpc) is 2.85. The number of hydrogen-bond donors (Lipinski definition) is 1. The zero-order valence-corrected chi connectivity index (χ0v) is 10.2. The van der Waals surface area contributed by atoms with Crippen LogP contribution in [0.3, 0.4) is 0 Å². The Kier molecular flexibility index (Phi) is 3.23. The molecule has 0 aliphatic carbocycles. The number of aryl methyl sites for hydroxylation is 2. The Balaban J connectivity index is 2.26. The molecular formula is C11H16N4O2. The van der Waals surface area contributed by atoms with Crippen LogP contribution in [0, 0.1) is 6.92 Å². The van der Waals surface area contributed by atoms with E-state index in [4.69, 9.17) is 4.52 Å². The second-order valence-corrected chi connectivity index (χ2v) is 4.06. The fourth-order valence-corrected chi connectivity index (χ4v) is 1.69. The van der Waals surface area contributed by atoms with Crippen molar-refractivity contribution in [2.24, 2.45) is 7.05 Å². The van der Waals surface area contributed by atoms with Crippen LogP contribution in [-0.2, 0) is 7.05 Å². The molecule has 0 bridgehead atoms. The van der Waals surface area contributed by atoms with Crippen molar-refractivity contribution in [1.29, 1.82) is 0 Å². The van der Waals surface area contributed by atoms with Gasteiger partial charge in [-0.1, -0.05) is 18.5 Å². The molecule has 17 heavy (non-hydrogen) atoms. The molecule has 2 rings (SSSR count). The quantitative estimate of drug-likeness (QED) is 0.872. The van der Waals surface area contributed by atoms with Gasteiger partial charge in [-0.15, -0.1) is 0 Å². The van der Waals surface area contributed by atoms with E-state index in [2.05, 4.69) is 15.2 Å². The highest BCUT2D eigenvalue weighted by molar-refractivity contribution is 5.54.